The molecule has 0 bridgehead atoms. The first-order valence-electron chi connectivity index (χ1n) is 6.25. The molecule has 1 aromatic carbocycles. The van der Waals surface area contributed by atoms with E-state index in [9.17, 15) is 9.59 Å². The van der Waals surface area contributed by atoms with Crippen molar-refractivity contribution in [3.63, 3.8) is 0 Å². The second-order valence-electron chi connectivity index (χ2n) is 4.58. The SMILES string of the molecule is O=C1CC(C(=O)Nc2ccc(-n3cncn3)cc2)CN1. The van der Waals surface area contributed by atoms with Gasteiger partial charge in [-0.25, -0.2) is 9.67 Å². The first-order valence-corrected chi connectivity index (χ1v) is 6.25. The summed E-state index contributed by atoms with van der Waals surface area (Å²) in [6, 6.07) is 7.25. The van der Waals surface area contributed by atoms with E-state index in [0.717, 1.165) is 5.69 Å². The van der Waals surface area contributed by atoms with Crippen molar-refractivity contribution in [1.29, 1.82) is 0 Å². The molecule has 1 fully saturated rings. The lowest BCUT2D eigenvalue weighted by Gasteiger charge is -2.09. The Kier molecular flexibility index (Phi) is 3.16. The Hall–Kier alpha value is -2.70. The van der Waals surface area contributed by atoms with Crippen LogP contribution in [-0.4, -0.2) is 33.1 Å². The van der Waals surface area contributed by atoms with Crippen LogP contribution in [0.3, 0.4) is 0 Å². The van der Waals surface area contributed by atoms with E-state index < -0.39 is 0 Å². The van der Waals surface area contributed by atoms with Crippen LogP contribution in [0.1, 0.15) is 6.42 Å². The lowest BCUT2D eigenvalue weighted by atomic mass is 10.1. The van der Waals surface area contributed by atoms with Crippen molar-refractivity contribution in [1.82, 2.24) is 20.1 Å². The van der Waals surface area contributed by atoms with Gasteiger partial charge < -0.3 is 10.6 Å². The number of benzene rings is 1. The van der Waals surface area contributed by atoms with Gasteiger partial charge >= 0.3 is 0 Å². The monoisotopic (exact) mass is 271 g/mol. The maximum Gasteiger partial charge on any atom is 0.229 e. The molecule has 1 aliphatic rings. The van der Waals surface area contributed by atoms with Crippen molar-refractivity contribution >= 4 is 17.5 Å². The van der Waals surface area contributed by atoms with Gasteiger partial charge in [-0.15, -0.1) is 0 Å². The van der Waals surface area contributed by atoms with Gasteiger partial charge in [-0.05, 0) is 24.3 Å². The van der Waals surface area contributed by atoms with Gasteiger partial charge in [0.15, 0.2) is 0 Å². The van der Waals surface area contributed by atoms with Crippen molar-refractivity contribution in [2.24, 2.45) is 5.92 Å². The van der Waals surface area contributed by atoms with Gasteiger partial charge in [0.2, 0.25) is 11.8 Å². The standard InChI is InChI=1S/C13H13N5O2/c19-12-5-9(6-15-12)13(20)17-10-1-3-11(4-2-10)18-8-14-7-16-18/h1-4,7-9H,5-6H2,(H,15,19)(H,17,20). The molecule has 20 heavy (non-hydrogen) atoms. The van der Waals surface area contributed by atoms with Crippen molar-refractivity contribution in [2.75, 3.05) is 11.9 Å². The second kappa shape index (κ2) is 5.12. The number of amides is 2. The first-order chi connectivity index (χ1) is 9.72. The third-order valence-electron chi connectivity index (χ3n) is 3.17. The van der Waals surface area contributed by atoms with Crippen molar-refractivity contribution in [2.45, 2.75) is 6.42 Å². The zero-order valence-electron chi connectivity index (χ0n) is 10.6. The van der Waals surface area contributed by atoms with Gasteiger partial charge in [0, 0.05) is 18.7 Å². The van der Waals surface area contributed by atoms with E-state index in [4.69, 9.17) is 0 Å². The minimum absolute atomic E-state index is 0.0771. The Morgan fingerprint density at radius 2 is 2.15 bits per heavy atom. The molecule has 2 N–H and O–H groups in total. The number of nitrogens with one attached hydrogen (secondary N) is 2. The van der Waals surface area contributed by atoms with Crippen molar-refractivity contribution in [3.05, 3.63) is 36.9 Å². The molecule has 102 valence electrons. The van der Waals surface area contributed by atoms with Gasteiger partial charge in [-0.1, -0.05) is 0 Å². The number of nitrogens with zero attached hydrogens (tertiary/aromatic N) is 3. The van der Waals surface area contributed by atoms with Crippen LogP contribution in [0.15, 0.2) is 36.9 Å². The number of rotatable bonds is 3. The third-order valence-corrected chi connectivity index (χ3v) is 3.17. The molecule has 0 spiro atoms. The molecule has 2 aromatic rings. The van der Waals surface area contributed by atoms with Crippen LogP contribution in [0, 0.1) is 5.92 Å². The molecule has 7 heteroatoms. The van der Waals surface area contributed by atoms with E-state index in [1.165, 1.54) is 6.33 Å². The number of hydrogen-bond donors (Lipinski definition) is 2. The van der Waals surface area contributed by atoms with E-state index >= 15 is 0 Å². The van der Waals surface area contributed by atoms with Crippen LogP contribution in [0.2, 0.25) is 0 Å². The topological polar surface area (TPSA) is 88.9 Å². The molecule has 3 rings (SSSR count). The summed E-state index contributed by atoms with van der Waals surface area (Å²) in [5.74, 6) is -0.513. The van der Waals surface area contributed by atoms with E-state index in [1.54, 1.807) is 23.1 Å². The number of aromatic nitrogens is 3. The maximum atomic E-state index is 11.9. The fourth-order valence-electron chi connectivity index (χ4n) is 2.07. The van der Waals surface area contributed by atoms with Gasteiger partial charge in [0.1, 0.15) is 12.7 Å². The number of carbonyl (C=O) groups excluding carboxylic acids is 2. The summed E-state index contributed by atoms with van der Waals surface area (Å²) in [6.07, 6.45) is 3.31. The highest BCUT2D eigenvalue weighted by molar-refractivity contribution is 5.97. The minimum atomic E-state index is -0.294. The van der Waals surface area contributed by atoms with Crippen molar-refractivity contribution < 1.29 is 9.59 Å². The normalized spacial score (nSPS) is 17.8. The average molecular weight is 271 g/mol. The van der Waals surface area contributed by atoms with Gasteiger partial charge in [-0.3, -0.25) is 9.59 Å². The summed E-state index contributed by atoms with van der Waals surface area (Å²) >= 11 is 0. The Morgan fingerprint density at radius 3 is 2.75 bits per heavy atom. The molecule has 0 aliphatic carbocycles. The summed E-state index contributed by atoms with van der Waals surface area (Å²) in [4.78, 5) is 26.9. The molecule has 1 aliphatic heterocycles. The maximum absolute atomic E-state index is 11.9. The molecule has 2 amide bonds. The largest absolute Gasteiger partial charge is 0.355 e. The summed E-state index contributed by atoms with van der Waals surface area (Å²) in [6.45, 7) is 0.404. The zero-order valence-corrected chi connectivity index (χ0v) is 10.6. The van der Waals surface area contributed by atoms with Crippen molar-refractivity contribution in [3.8, 4) is 5.69 Å². The van der Waals surface area contributed by atoms with E-state index in [0.29, 0.717) is 12.2 Å². The average Bonchev–Trinajstić information content (AvgIpc) is 3.10. The predicted octanol–water partition coefficient (Wildman–Crippen LogP) is 0.342. The molecule has 0 radical (unpaired) electrons. The van der Waals surface area contributed by atoms with Crippen LogP contribution >= 0.6 is 0 Å². The van der Waals surface area contributed by atoms with Gasteiger partial charge in [-0.2, -0.15) is 5.10 Å². The molecule has 1 aromatic heterocycles. The Labute approximate surface area is 115 Å². The Morgan fingerprint density at radius 1 is 1.35 bits per heavy atom. The van der Waals surface area contributed by atoms with Crippen LogP contribution in [0.5, 0.6) is 0 Å². The predicted molar refractivity (Wildman–Crippen MR) is 71.1 cm³/mol. The molecular formula is C13H13N5O2. The quantitative estimate of drug-likeness (QED) is 0.842. The van der Waals surface area contributed by atoms with Gasteiger partial charge in [0.25, 0.3) is 0 Å². The summed E-state index contributed by atoms with van der Waals surface area (Å²) in [5.41, 5.74) is 1.55. The smallest absolute Gasteiger partial charge is 0.229 e. The molecule has 1 unspecified atom stereocenters. The zero-order chi connectivity index (χ0) is 13.9. The molecule has 0 saturated carbocycles. The fourth-order valence-corrected chi connectivity index (χ4v) is 2.07. The minimum Gasteiger partial charge on any atom is -0.355 e. The Balaban J connectivity index is 1.66. The molecule has 1 saturated heterocycles. The Bertz CT molecular complexity index is 621. The molecule has 7 nitrogen and oxygen atoms in total. The van der Waals surface area contributed by atoms with Crippen LogP contribution in [-0.2, 0) is 9.59 Å². The highest BCUT2D eigenvalue weighted by Gasteiger charge is 2.27. The lowest BCUT2D eigenvalue weighted by molar-refractivity contribution is -0.123. The fraction of sp³-hybridized carbons (Fsp3) is 0.231. The lowest BCUT2D eigenvalue weighted by Crippen LogP contribution is -2.24. The van der Waals surface area contributed by atoms with E-state index in [2.05, 4.69) is 20.7 Å². The number of carbonyl (C=O) groups is 2. The number of anilines is 1. The summed E-state index contributed by atoms with van der Waals surface area (Å²) < 4.78 is 1.63. The highest BCUT2D eigenvalue weighted by atomic mass is 16.2. The van der Waals surface area contributed by atoms with Crippen LogP contribution in [0.4, 0.5) is 5.69 Å². The van der Waals surface area contributed by atoms with Gasteiger partial charge in [0.05, 0.1) is 11.6 Å². The van der Waals surface area contributed by atoms with E-state index in [1.807, 2.05) is 12.1 Å². The highest BCUT2D eigenvalue weighted by Crippen LogP contribution is 2.15. The second-order valence-corrected chi connectivity index (χ2v) is 4.58. The summed E-state index contributed by atoms with van der Waals surface area (Å²) in [7, 11) is 0. The summed E-state index contributed by atoms with van der Waals surface area (Å²) in [5, 5.41) is 9.47. The number of hydrogen-bond acceptors (Lipinski definition) is 4. The first kappa shape index (κ1) is 12.3. The van der Waals surface area contributed by atoms with Crippen LogP contribution < -0.4 is 10.6 Å². The third kappa shape index (κ3) is 2.51. The van der Waals surface area contributed by atoms with Crippen LogP contribution in [0.25, 0.3) is 5.69 Å². The molecule has 1 atom stereocenters. The molecular weight excluding hydrogens is 258 g/mol. The van der Waals surface area contributed by atoms with E-state index in [-0.39, 0.29) is 24.2 Å². The molecule has 2 heterocycles.